The van der Waals surface area contributed by atoms with Crippen LogP contribution in [-0.2, 0) is 0 Å². The molecule has 0 spiro atoms. The van der Waals surface area contributed by atoms with Crippen LogP contribution in [0, 0.1) is 0 Å². The number of allylic oxidation sites excluding steroid dienone is 3. The second-order valence-electron chi connectivity index (χ2n) is 6.14. The molecule has 0 unspecified atom stereocenters. The normalized spacial score (nSPS) is 23.3. The summed E-state index contributed by atoms with van der Waals surface area (Å²) in [5.41, 5.74) is -0.224. The molecule has 2 saturated heterocycles. The maximum absolute atomic E-state index is 12.9. The van der Waals surface area contributed by atoms with Gasteiger partial charge in [-0.15, -0.1) is 0 Å². The van der Waals surface area contributed by atoms with Crippen LogP contribution in [0.1, 0.15) is 32.6 Å². The second kappa shape index (κ2) is 7.99. The topological polar surface area (TPSA) is 18.8 Å². The summed E-state index contributed by atoms with van der Waals surface area (Å²) in [6.45, 7) is 5.76. The number of piperidine rings is 1. The maximum Gasteiger partial charge on any atom is 0.432 e. The Labute approximate surface area is 136 Å². The lowest BCUT2D eigenvalue weighted by Crippen LogP contribution is -2.43. The van der Waals surface area contributed by atoms with Gasteiger partial charge in [-0.3, -0.25) is 4.99 Å². The zero-order chi connectivity index (χ0) is 16.9. The molecule has 0 bridgehead atoms. The van der Waals surface area contributed by atoms with Crippen LogP contribution in [0.2, 0.25) is 0 Å². The van der Waals surface area contributed by atoms with E-state index in [-0.39, 0.29) is 0 Å². The zero-order valence-corrected chi connectivity index (χ0v) is 13.9. The van der Waals surface area contributed by atoms with E-state index in [1.165, 1.54) is 33.0 Å². The van der Waals surface area contributed by atoms with Gasteiger partial charge in [0.05, 0.1) is 0 Å². The summed E-state index contributed by atoms with van der Waals surface area (Å²) >= 11 is 0. The number of alkyl halides is 3. The van der Waals surface area contributed by atoms with Crippen LogP contribution in [0.25, 0.3) is 0 Å². The van der Waals surface area contributed by atoms with Crippen molar-refractivity contribution in [3.05, 3.63) is 23.9 Å². The summed E-state index contributed by atoms with van der Waals surface area (Å²) in [5, 5.41) is 0. The summed E-state index contributed by atoms with van der Waals surface area (Å²) in [7, 11) is 1.19. The Balaban J connectivity index is 2.05. The van der Waals surface area contributed by atoms with Crippen molar-refractivity contribution >= 4 is 5.71 Å². The molecule has 2 heterocycles. The molecule has 2 aliphatic heterocycles. The molecule has 23 heavy (non-hydrogen) atoms. The zero-order valence-electron chi connectivity index (χ0n) is 13.9. The van der Waals surface area contributed by atoms with E-state index in [2.05, 4.69) is 9.89 Å². The number of hydrogen-bond acceptors (Lipinski definition) is 3. The molecule has 2 rings (SSSR count). The summed E-state index contributed by atoms with van der Waals surface area (Å²) in [4.78, 5) is 7.98. The van der Waals surface area contributed by atoms with E-state index in [0.717, 1.165) is 32.0 Å². The molecule has 0 amide bonds. The van der Waals surface area contributed by atoms with Crippen molar-refractivity contribution in [3.8, 4) is 0 Å². The van der Waals surface area contributed by atoms with Gasteiger partial charge in [0.15, 0.2) is 0 Å². The molecule has 0 aliphatic carbocycles. The standard InChI is InChI=1S/C17H26F3N3/c1-3-6-15(13-16(21-2)17(18,19)20)23-11-7-14(8-12-23)22-9-4-5-10-22/h3,6,13-14H,4-5,7-12H2,1-2H3/b6-3+,15-13+,21-16?. The van der Waals surface area contributed by atoms with Gasteiger partial charge in [0.2, 0.25) is 0 Å². The summed E-state index contributed by atoms with van der Waals surface area (Å²) < 4.78 is 38.8. The third kappa shape index (κ3) is 4.83. The quantitative estimate of drug-likeness (QED) is 0.579. The number of rotatable bonds is 4. The van der Waals surface area contributed by atoms with Crippen LogP contribution in [0.3, 0.4) is 0 Å². The van der Waals surface area contributed by atoms with Crippen molar-refractivity contribution in [3.63, 3.8) is 0 Å². The number of nitrogens with zero attached hydrogens (tertiary/aromatic N) is 3. The van der Waals surface area contributed by atoms with Crippen molar-refractivity contribution in [2.24, 2.45) is 4.99 Å². The van der Waals surface area contributed by atoms with Crippen molar-refractivity contribution in [1.82, 2.24) is 9.80 Å². The average molecular weight is 329 g/mol. The summed E-state index contributed by atoms with van der Waals surface area (Å²) in [5.74, 6) is 0. The number of halogens is 3. The first kappa shape index (κ1) is 18.0. The van der Waals surface area contributed by atoms with Crippen LogP contribution in [0.15, 0.2) is 28.9 Å². The van der Waals surface area contributed by atoms with Crippen molar-refractivity contribution in [1.29, 1.82) is 0 Å². The van der Waals surface area contributed by atoms with E-state index < -0.39 is 11.9 Å². The van der Waals surface area contributed by atoms with Gasteiger partial charge in [0, 0.05) is 31.9 Å². The van der Waals surface area contributed by atoms with Gasteiger partial charge in [-0.2, -0.15) is 13.2 Å². The van der Waals surface area contributed by atoms with Crippen LogP contribution in [-0.4, -0.2) is 61.0 Å². The van der Waals surface area contributed by atoms with E-state index in [1.54, 1.807) is 12.2 Å². The van der Waals surface area contributed by atoms with Crippen molar-refractivity contribution < 1.29 is 13.2 Å². The molecule has 6 heteroatoms. The molecule has 2 aliphatic rings. The average Bonchev–Trinajstić information content (AvgIpc) is 3.05. The second-order valence-corrected chi connectivity index (χ2v) is 6.14. The Morgan fingerprint density at radius 1 is 1.09 bits per heavy atom. The molecule has 0 N–H and O–H groups in total. The third-order valence-corrected chi connectivity index (χ3v) is 4.64. The Hall–Kier alpha value is -1.30. The number of hydrogen-bond donors (Lipinski definition) is 0. The first-order valence-electron chi connectivity index (χ1n) is 8.33. The SMILES string of the molecule is C/C=C/C(=C\C(=NC)C(F)(F)F)N1CCC(N2CCCC2)CC1. The van der Waals surface area contributed by atoms with Crippen LogP contribution >= 0.6 is 0 Å². The van der Waals surface area contributed by atoms with Gasteiger partial charge in [0.25, 0.3) is 0 Å². The summed E-state index contributed by atoms with van der Waals surface area (Å²) in [6.07, 6.45) is 4.84. The third-order valence-electron chi connectivity index (χ3n) is 4.64. The minimum atomic E-state index is -4.41. The lowest BCUT2D eigenvalue weighted by molar-refractivity contribution is -0.0578. The monoisotopic (exact) mass is 329 g/mol. The molecule has 130 valence electrons. The van der Waals surface area contributed by atoms with Gasteiger partial charge in [-0.05, 0) is 57.8 Å². The highest BCUT2D eigenvalue weighted by Crippen LogP contribution is 2.25. The molecule has 0 radical (unpaired) electrons. The Morgan fingerprint density at radius 3 is 2.17 bits per heavy atom. The van der Waals surface area contributed by atoms with Crippen molar-refractivity contribution in [2.45, 2.75) is 44.8 Å². The predicted molar refractivity (Wildman–Crippen MR) is 87.7 cm³/mol. The molecule has 0 aromatic carbocycles. The highest BCUT2D eigenvalue weighted by atomic mass is 19.4. The Bertz CT molecular complexity index is 466. The number of aliphatic imine (C=N–C) groups is 1. The minimum Gasteiger partial charge on any atom is -0.371 e. The fourth-order valence-electron chi connectivity index (χ4n) is 3.42. The highest BCUT2D eigenvalue weighted by Gasteiger charge is 2.34. The van der Waals surface area contributed by atoms with Crippen LogP contribution in [0.5, 0.6) is 0 Å². The lowest BCUT2D eigenvalue weighted by atomic mass is 10.0. The molecule has 0 aromatic heterocycles. The van der Waals surface area contributed by atoms with Crippen LogP contribution < -0.4 is 0 Å². The minimum absolute atomic E-state index is 0.586. The van der Waals surface area contributed by atoms with E-state index in [1.807, 2.05) is 11.8 Å². The number of likely N-dealkylation sites (tertiary alicyclic amines) is 2. The van der Waals surface area contributed by atoms with Gasteiger partial charge in [-0.1, -0.05) is 6.08 Å². The molecule has 2 fully saturated rings. The molecule has 0 saturated carbocycles. The van der Waals surface area contributed by atoms with E-state index in [0.29, 0.717) is 11.7 Å². The van der Waals surface area contributed by atoms with E-state index >= 15 is 0 Å². The molecule has 3 nitrogen and oxygen atoms in total. The Kier molecular flexibility index (Phi) is 6.27. The molecular weight excluding hydrogens is 303 g/mol. The largest absolute Gasteiger partial charge is 0.432 e. The fraction of sp³-hybridized carbons (Fsp3) is 0.706. The first-order valence-corrected chi connectivity index (χ1v) is 8.33. The van der Waals surface area contributed by atoms with Crippen LogP contribution in [0.4, 0.5) is 13.2 Å². The van der Waals surface area contributed by atoms with Gasteiger partial charge in [-0.25, -0.2) is 0 Å². The maximum atomic E-state index is 12.9. The fourth-order valence-corrected chi connectivity index (χ4v) is 3.42. The molecule has 0 atom stereocenters. The van der Waals surface area contributed by atoms with E-state index in [4.69, 9.17) is 0 Å². The first-order chi connectivity index (χ1) is 11.0. The predicted octanol–water partition coefficient (Wildman–Crippen LogP) is 3.64. The van der Waals surface area contributed by atoms with E-state index in [9.17, 15) is 13.2 Å². The molecule has 0 aromatic rings. The molecular formula is C17H26F3N3. The van der Waals surface area contributed by atoms with Gasteiger partial charge < -0.3 is 9.80 Å². The van der Waals surface area contributed by atoms with Crippen molar-refractivity contribution in [2.75, 3.05) is 33.2 Å². The van der Waals surface area contributed by atoms with Gasteiger partial charge in [0.1, 0.15) is 5.71 Å². The highest BCUT2D eigenvalue weighted by molar-refractivity contribution is 6.00. The van der Waals surface area contributed by atoms with Gasteiger partial charge >= 0.3 is 6.18 Å². The lowest BCUT2D eigenvalue weighted by Gasteiger charge is -2.38. The smallest absolute Gasteiger partial charge is 0.371 e. The Morgan fingerprint density at radius 2 is 1.70 bits per heavy atom. The summed E-state index contributed by atoms with van der Waals surface area (Å²) in [6, 6.07) is 0.586.